The van der Waals surface area contributed by atoms with Crippen LogP contribution in [-0.4, -0.2) is 56.2 Å². The SMILES string of the molecule is CC(C)(C)[Si](C)(C)OC[C@H]1O[C@@H](n2cc(Br)c3c(N)ncnc32)[C@H](F)[C@@H]1O[Si](C)(C)C(C)(C)C. The van der Waals surface area contributed by atoms with E-state index in [0.717, 1.165) is 0 Å². The zero-order valence-corrected chi connectivity index (χ0v) is 25.7. The van der Waals surface area contributed by atoms with Gasteiger partial charge in [-0.3, -0.25) is 0 Å². The topological polar surface area (TPSA) is 84.4 Å². The van der Waals surface area contributed by atoms with E-state index in [0.29, 0.717) is 21.3 Å². The van der Waals surface area contributed by atoms with Gasteiger partial charge in [0.25, 0.3) is 0 Å². The van der Waals surface area contributed by atoms with Gasteiger partial charge in [-0.05, 0) is 52.2 Å². The molecule has 7 nitrogen and oxygen atoms in total. The minimum atomic E-state index is -2.28. The number of fused-ring (bicyclic) bond motifs is 1. The van der Waals surface area contributed by atoms with Crippen molar-refractivity contribution in [3.8, 4) is 0 Å². The third-order valence-corrected chi connectivity index (χ3v) is 17.4. The van der Waals surface area contributed by atoms with E-state index >= 15 is 4.39 Å². The number of rotatable bonds is 6. The number of halogens is 2. The first kappa shape index (κ1) is 27.7. The van der Waals surface area contributed by atoms with E-state index < -0.39 is 41.2 Å². The van der Waals surface area contributed by atoms with Crippen molar-refractivity contribution in [2.45, 2.75) is 102 Å². The Balaban J connectivity index is 1.98. The number of nitrogens with two attached hydrogens (primary N) is 1. The van der Waals surface area contributed by atoms with E-state index in [1.807, 2.05) is 0 Å². The lowest BCUT2D eigenvalue weighted by atomic mass is 10.1. The Morgan fingerprint density at radius 1 is 1.09 bits per heavy atom. The van der Waals surface area contributed by atoms with Gasteiger partial charge in [-0.1, -0.05) is 41.5 Å². The highest BCUT2D eigenvalue weighted by molar-refractivity contribution is 9.10. The van der Waals surface area contributed by atoms with E-state index in [1.54, 1.807) is 10.8 Å². The third kappa shape index (κ3) is 5.15. The number of hydrogen-bond donors (Lipinski definition) is 1. The molecule has 1 saturated heterocycles. The molecular formula is C23H40BrFN4O3Si2. The maximum atomic E-state index is 16.2. The molecule has 0 spiro atoms. The van der Waals surface area contributed by atoms with Crippen LogP contribution in [0.25, 0.3) is 11.0 Å². The summed E-state index contributed by atoms with van der Waals surface area (Å²) in [5.41, 5.74) is 6.58. The molecule has 3 heterocycles. The molecule has 4 atom stereocenters. The van der Waals surface area contributed by atoms with Crippen molar-refractivity contribution in [3.05, 3.63) is 17.0 Å². The fraction of sp³-hybridized carbons (Fsp3) is 0.739. The number of hydrogen-bond acceptors (Lipinski definition) is 6. The largest absolute Gasteiger partial charge is 0.414 e. The van der Waals surface area contributed by atoms with Crippen LogP contribution < -0.4 is 5.73 Å². The van der Waals surface area contributed by atoms with Gasteiger partial charge in [0.1, 0.15) is 30.0 Å². The molecule has 0 aliphatic carbocycles. The average Bonchev–Trinajstić information content (AvgIpc) is 3.16. The standard InChI is InChI=1S/C23H40BrFN4O3Si2/c1-22(2,3)33(7,8)30-12-15-18(32-34(9,10)23(4,5)6)17(25)21(31-15)29-11-14(24)16-19(26)27-13-28-20(16)29/h11,13,15,17-18,21H,12H2,1-10H3,(H2,26,27,28)/t15-,17-,18-,21-/m1/s1. The Bertz CT molecular complexity index is 1040. The molecule has 192 valence electrons. The van der Waals surface area contributed by atoms with Gasteiger partial charge in [-0.2, -0.15) is 0 Å². The van der Waals surface area contributed by atoms with Crippen molar-refractivity contribution in [1.82, 2.24) is 14.5 Å². The first-order valence-corrected chi connectivity index (χ1v) is 18.4. The number of anilines is 1. The summed E-state index contributed by atoms with van der Waals surface area (Å²) in [5.74, 6) is 0.330. The fourth-order valence-corrected chi connectivity index (χ4v) is 6.40. The van der Waals surface area contributed by atoms with Crippen LogP contribution in [-0.2, 0) is 13.6 Å². The molecule has 2 aromatic rings. The predicted octanol–water partition coefficient (Wildman–Crippen LogP) is 6.42. The van der Waals surface area contributed by atoms with E-state index in [2.05, 4.69) is 93.6 Å². The normalized spacial score (nSPS) is 24.8. The zero-order valence-electron chi connectivity index (χ0n) is 22.1. The van der Waals surface area contributed by atoms with Crippen molar-refractivity contribution in [1.29, 1.82) is 0 Å². The molecule has 34 heavy (non-hydrogen) atoms. The van der Waals surface area contributed by atoms with Gasteiger partial charge >= 0.3 is 0 Å². The second kappa shape index (κ2) is 9.22. The van der Waals surface area contributed by atoms with Gasteiger partial charge in [-0.15, -0.1) is 0 Å². The Kier molecular flexibility index (Phi) is 7.52. The van der Waals surface area contributed by atoms with Crippen molar-refractivity contribution in [3.63, 3.8) is 0 Å². The summed E-state index contributed by atoms with van der Waals surface area (Å²) in [6.07, 6.45) is -0.464. The Morgan fingerprint density at radius 2 is 1.68 bits per heavy atom. The molecule has 1 aliphatic rings. The van der Waals surface area contributed by atoms with Crippen molar-refractivity contribution in [2.24, 2.45) is 0 Å². The maximum Gasteiger partial charge on any atom is 0.192 e. The zero-order chi connectivity index (χ0) is 25.9. The Hall–Kier alpha value is -0.856. The van der Waals surface area contributed by atoms with Gasteiger partial charge in [0.15, 0.2) is 29.0 Å². The van der Waals surface area contributed by atoms with Gasteiger partial charge in [-0.25, -0.2) is 14.4 Å². The van der Waals surface area contributed by atoms with E-state index in [9.17, 15) is 0 Å². The fourth-order valence-electron chi connectivity index (χ4n) is 3.47. The first-order valence-electron chi connectivity index (χ1n) is 11.8. The molecule has 0 saturated carbocycles. The van der Waals surface area contributed by atoms with Crippen LogP contribution in [0.5, 0.6) is 0 Å². The van der Waals surface area contributed by atoms with Crippen molar-refractivity contribution < 1.29 is 18.0 Å². The van der Waals surface area contributed by atoms with Crippen LogP contribution in [0.15, 0.2) is 17.0 Å². The second-order valence-corrected chi connectivity index (χ2v) is 22.7. The van der Waals surface area contributed by atoms with Crippen LogP contribution in [0.3, 0.4) is 0 Å². The Labute approximate surface area is 213 Å². The van der Waals surface area contributed by atoms with E-state index in [4.69, 9.17) is 19.3 Å². The van der Waals surface area contributed by atoms with Crippen LogP contribution in [0.4, 0.5) is 10.2 Å². The lowest BCUT2D eigenvalue weighted by molar-refractivity contribution is -0.0419. The Morgan fingerprint density at radius 3 is 2.24 bits per heavy atom. The number of aromatic nitrogens is 3. The minimum absolute atomic E-state index is 0.0336. The van der Waals surface area contributed by atoms with Crippen LogP contribution >= 0.6 is 15.9 Å². The monoisotopic (exact) mass is 574 g/mol. The quantitative estimate of drug-likeness (QED) is 0.400. The smallest absolute Gasteiger partial charge is 0.192 e. The predicted molar refractivity (Wildman–Crippen MR) is 144 cm³/mol. The van der Waals surface area contributed by atoms with Crippen molar-refractivity contribution >= 4 is 49.4 Å². The average molecular weight is 576 g/mol. The van der Waals surface area contributed by atoms with Crippen molar-refractivity contribution in [2.75, 3.05) is 12.3 Å². The molecule has 2 aromatic heterocycles. The summed E-state index contributed by atoms with van der Waals surface area (Å²) in [6.45, 7) is 21.9. The van der Waals surface area contributed by atoms with Gasteiger partial charge in [0.05, 0.1) is 12.0 Å². The molecule has 0 bridgehead atoms. The molecule has 0 unspecified atom stereocenters. The van der Waals surface area contributed by atoms with E-state index in [-0.39, 0.29) is 16.7 Å². The molecule has 11 heteroatoms. The summed E-state index contributed by atoms with van der Waals surface area (Å²) in [4.78, 5) is 8.43. The van der Waals surface area contributed by atoms with Crippen LogP contribution in [0.1, 0.15) is 47.8 Å². The van der Waals surface area contributed by atoms with Gasteiger partial charge in [0, 0.05) is 10.7 Å². The maximum absolute atomic E-state index is 16.2. The molecule has 0 radical (unpaired) electrons. The van der Waals surface area contributed by atoms with Gasteiger partial charge < -0.3 is 23.9 Å². The number of nitrogens with zero attached hydrogens (tertiary/aromatic N) is 3. The first-order chi connectivity index (χ1) is 15.4. The summed E-state index contributed by atoms with van der Waals surface area (Å²) < 4.78 is 38.1. The molecule has 1 fully saturated rings. The lowest BCUT2D eigenvalue weighted by Crippen LogP contribution is -2.50. The molecule has 0 aromatic carbocycles. The summed E-state index contributed by atoms with van der Waals surface area (Å²) in [7, 11) is -4.35. The minimum Gasteiger partial charge on any atom is -0.414 e. The van der Waals surface area contributed by atoms with Crippen LogP contribution in [0, 0.1) is 0 Å². The highest BCUT2D eigenvalue weighted by atomic mass is 79.9. The molecular weight excluding hydrogens is 535 g/mol. The number of ether oxygens (including phenoxy) is 1. The highest BCUT2D eigenvalue weighted by Gasteiger charge is 2.52. The third-order valence-electron chi connectivity index (χ3n) is 7.79. The van der Waals surface area contributed by atoms with E-state index in [1.165, 1.54) is 6.33 Å². The summed E-state index contributed by atoms with van der Waals surface area (Å²) >= 11 is 3.52. The number of alkyl halides is 1. The molecule has 1 aliphatic heterocycles. The molecule has 0 amide bonds. The second-order valence-electron chi connectivity index (χ2n) is 12.3. The molecule has 2 N–H and O–H groups in total. The highest BCUT2D eigenvalue weighted by Crippen LogP contribution is 2.44. The number of nitrogen functional groups attached to an aromatic ring is 1. The van der Waals surface area contributed by atoms with Crippen LogP contribution in [0.2, 0.25) is 36.3 Å². The molecule has 3 rings (SSSR count). The summed E-state index contributed by atoms with van der Waals surface area (Å²) in [5, 5.41) is 0.605. The lowest BCUT2D eigenvalue weighted by Gasteiger charge is -2.40. The summed E-state index contributed by atoms with van der Waals surface area (Å²) in [6, 6.07) is 0. The van der Waals surface area contributed by atoms with Gasteiger partial charge in [0.2, 0.25) is 0 Å².